The minimum absolute atomic E-state index is 0.0413. The average molecular weight is 688 g/mol. The van der Waals surface area contributed by atoms with Gasteiger partial charge in [-0.25, -0.2) is 4.79 Å². The van der Waals surface area contributed by atoms with Crippen molar-refractivity contribution >= 4 is 23.3 Å². The number of aliphatic carboxylic acids is 1. The van der Waals surface area contributed by atoms with Crippen LogP contribution in [0.25, 0.3) is 0 Å². The zero-order valence-electron chi connectivity index (χ0n) is 29.3. The van der Waals surface area contributed by atoms with Crippen LogP contribution in [-0.2, 0) is 23.1 Å². The summed E-state index contributed by atoms with van der Waals surface area (Å²) in [5.41, 5.74) is 4.57. The lowest BCUT2D eigenvalue weighted by Gasteiger charge is -2.47. The van der Waals surface area contributed by atoms with E-state index in [1.165, 1.54) is 35.2 Å². The Balaban J connectivity index is 1.15. The summed E-state index contributed by atoms with van der Waals surface area (Å²) in [7, 11) is 4.09. The molecule has 49 heavy (non-hydrogen) atoms. The SMILES string of the molecule is C[C@@H](COc1ccnc2c1[C@H](C)CCC2)C[C@H]1Cc2cc3c(cc2C12CCC(Nc1cccc(Cl)c1)(C(=O)O)CC2)O[C@@H](CN(C)C)CO3. The number of benzene rings is 2. The Morgan fingerprint density at radius 1 is 1.16 bits per heavy atom. The molecule has 1 aliphatic heterocycles. The number of aromatic nitrogens is 1. The highest BCUT2D eigenvalue weighted by Crippen LogP contribution is 2.58. The fourth-order valence-electron chi connectivity index (χ4n) is 9.21. The van der Waals surface area contributed by atoms with E-state index < -0.39 is 11.5 Å². The van der Waals surface area contributed by atoms with Gasteiger partial charge in [0.2, 0.25) is 0 Å². The van der Waals surface area contributed by atoms with Crippen LogP contribution in [0.2, 0.25) is 5.02 Å². The molecule has 8 nitrogen and oxygen atoms in total. The molecule has 1 saturated carbocycles. The van der Waals surface area contributed by atoms with Crippen molar-refractivity contribution < 1.29 is 24.1 Å². The molecular weight excluding hydrogens is 638 g/mol. The van der Waals surface area contributed by atoms with E-state index in [1.807, 2.05) is 38.5 Å². The van der Waals surface area contributed by atoms with Crippen LogP contribution in [0.1, 0.15) is 87.1 Å². The normalized spacial score (nSPS) is 27.8. The molecule has 0 saturated heterocycles. The number of anilines is 1. The van der Waals surface area contributed by atoms with Gasteiger partial charge in [-0.05, 0) is 143 Å². The first-order chi connectivity index (χ1) is 23.5. The van der Waals surface area contributed by atoms with Crippen molar-refractivity contribution in [1.82, 2.24) is 9.88 Å². The number of ether oxygens (including phenoxy) is 3. The summed E-state index contributed by atoms with van der Waals surface area (Å²) in [6.45, 7) is 6.52. The third-order valence-electron chi connectivity index (χ3n) is 11.6. The predicted molar refractivity (Wildman–Crippen MR) is 193 cm³/mol. The molecule has 3 aliphatic carbocycles. The summed E-state index contributed by atoms with van der Waals surface area (Å²) in [5.74, 6) is 2.89. The summed E-state index contributed by atoms with van der Waals surface area (Å²) < 4.78 is 19.4. The maximum atomic E-state index is 13.0. The number of fused-ring (bicyclic) bond motifs is 4. The summed E-state index contributed by atoms with van der Waals surface area (Å²) in [5, 5.41) is 14.6. The number of carboxylic acids is 1. The number of likely N-dealkylation sites (N-methyl/N-ethyl adjacent to an activating group) is 1. The van der Waals surface area contributed by atoms with Crippen molar-refractivity contribution in [2.45, 2.75) is 94.6 Å². The van der Waals surface area contributed by atoms with Gasteiger partial charge >= 0.3 is 5.97 Å². The largest absolute Gasteiger partial charge is 0.493 e. The second kappa shape index (κ2) is 13.7. The topological polar surface area (TPSA) is 93.2 Å². The lowest BCUT2D eigenvalue weighted by Crippen LogP contribution is -2.53. The maximum absolute atomic E-state index is 13.0. The Bertz CT molecular complexity index is 1690. The van der Waals surface area contributed by atoms with Crippen molar-refractivity contribution in [3.8, 4) is 17.2 Å². The zero-order valence-corrected chi connectivity index (χ0v) is 30.0. The molecule has 9 heteroatoms. The molecule has 4 atom stereocenters. The minimum Gasteiger partial charge on any atom is -0.493 e. The van der Waals surface area contributed by atoms with Crippen molar-refractivity contribution in [1.29, 1.82) is 0 Å². The number of aryl methyl sites for hydroxylation is 1. The molecule has 0 amide bonds. The highest BCUT2D eigenvalue weighted by Gasteiger charge is 2.54. The second-order valence-electron chi connectivity index (χ2n) is 15.5. The molecule has 2 heterocycles. The number of pyridine rings is 1. The van der Waals surface area contributed by atoms with Crippen molar-refractivity contribution in [2.24, 2.45) is 11.8 Å². The summed E-state index contributed by atoms with van der Waals surface area (Å²) >= 11 is 6.29. The second-order valence-corrected chi connectivity index (χ2v) is 15.9. The van der Waals surface area contributed by atoms with Gasteiger partial charge in [0.15, 0.2) is 11.5 Å². The highest BCUT2D eigenvalue weighted by atomic mass is 35.5. The smallest absolute Gasteiger partial charge is 0.329 e. The van der Waals surface area contributed by atoms with Gasteiger partial charge in [0, 0.05) is 34.7 Å². The van der Waals surface area contributed by atoms with E-state index in [2.05, 4.69) is 41.2 Å². The fourth-order valence-corrected chi connectivity index (χ4v) is 9.40. The summed E-state index contributed by atoms with van der Waals surface area (Å²) in [4.78, 5) is 19.8. The van der Waals surface area contributed by atoms with Gasteiger partial charge in [0.25, 0.3) is 0 Å². The summed E-state index contributed by atoms with van der Waals surface area (Å²) in [6.07, 6.45) is 9.67. The highest BCUT2D eigenvalue weighted by molar-refractivity contribution is 6.30. The molecule has 4 aliphatic rings. The number of carbonyl (C=O) groups is 1. The minimum atomic E-state index is -1.07. The van der Waals surface area contributed by atoms with E-state index in [-0.39, 0.29) is 11.5 Å². The number of carboxylic acid groups (broad SMARTS) is 1. The van der Waals surface area contributed by atoms with Crippen molar-refractivity contribution in [2.75, 3.05) is 39.2 Å². The number of halogens is 1. The first kappa shape index (κ1) is 34.0. The van der Waals surface area contributed by atoms with Gasteiger partial charge in [-0.3, -0.25) is 4.98 Å². The van der Waals surface area contributed by atoms with Gasteiger partial charge in [-0.2, -0.15) is 0 Å². The number of nitrogens with one attached hydrogen (secondary N) is 1. The Kier molecular flexibility index (Phi) is 9.48. The summed E-state index contributed by atoms with van der Waals surface area (Å²) in [6, 6.07) is 13.8. The number of hydrogen-bond donors (Lipinski definition) is 2. The molecule has 7 rings (SSSR count). The van der Waals surface area contributed by atoms with E-state index in [0.29, 0.717) is 48.8 Å². The Morgan fingerprint density at radius 2 is 1.98 bits per heavy atom. The van der Waals surface area contributed by atoms with Crippen molar-refractivity contribution in [3.63, 3.8) is 0 Å². The molecule has 0 unspecified atom stereocenters. The molecule has 0 bridgehead atoms. The third kappa shape index (κ3) is 6.71. The van der Waals surface area contributed by atoms with E-state index in [0.717, 1.165) is 61.6 Å². The monoisotopic (exact) mass is 687 g/mol. The van der Waals surface area contributed by atoms with Gasteiger partial charge < -0.3 is 29.5 Å². The Morgan fingerprint density at radius 3 is 2.73 bits per heavy atom. The molecule has 262 valence electrons. The standard InChI is InChI=1S/C40H50ClN3O5/c1-25(23-47-34-11-16-42-33-10-5-7-26(2)37(33)34)17-28-18-27-19-35-36(49-31(24-48-35)22-44(3)4)21-32(27)39(28)12-14-40(15-13-39,38(45)46)43-30-9-6-8-29(41)20-30/h6,8-9,11,16,19-21,25-26,28,31,43H,5,7,10,12-15,17-18,22-24H2,1-4H3,(H,45,46)/t25-,26-,28+,31+,39?,40?/m1/s1. The molecule has 1 fully saturated rings. The van der Waals surface area contributed by atoms with Crippen LogP contribution in [0.5, 0.6) is 17.2 Å². The molecule has 2 N–H and O–H groups in total. The van der Waals surface area contributed by atoms with Crippen LogP contribution >= 0.6 is 11.6 Å². The number of hydrogen-bond acceptors (Lipinski definition) is 7. The first-order valence-corrected chi connectivity index (χ1v) is 18.4. The first-order valence-electron chi connectivity index (χ1n) is 18.0. The quantitative estimate of drug-likeness (QED) is 0.222. The maximum Gasteiger partial charge on any atom is 0.329 e. The van der Waals surface area contributed by atoms with Crippen LogP contribution in [0.4, 0.5) is 5.69 Å². The van der Waals surface area contributed by atoms with E-state index in [1.54, 1.807) is 12.1 Å². The van der Waals surface area contributed by atoms with E-state index >= 15 is 0 Å². The molecule has 1 aromatic heterocycles. The molecule has 1 spiro atoms. The number of nitrogens with zero attached hydrogens (tertiary/aromatic N) is 2. The lowest BCUT2D eigenvalue weighted by atomic mass is 9.59. The van der Waals surface area contributed by atoms with Crippen LogP contribution in [0.3, 0.4) is 0 Å². The van der Waals surface area contributed by atoms with Crippen molar-refractivity contribution in [3.05, 3.63) is 76.1 Å². The Labute approximate surface area is 295 Å². The van der Waals surface area contributed by atoms with Gasteiger partial charge in [-0.15, -0.1) is 0 Å². The van der Waals surface area contributed by atoms with Crippen LogP contribution < -0.4 is 19.5 Å². The van der Waals surface area contributed by atoms with Gasteiger partial charge in [0.05, 0.1) is 6.61 Å². The van der Waals surface area contributed by atoms with Crippen LogP contribution in [0, 0.1) is 11.8 Å². The molecule has 0 radical (unpaired) electrons. The zero-order chi connectivity index (χ0) is 34.3. The van der Waals surface area contributed by atoms with E-state index in [4.69, 9.17) is 25.8 Å². The number of rotatable bonds is 10. The van der Waals surface area contributed by atoms with Crippen LogP contribution in [-0.4, -0.2) is 66.5 Å². The van der Waals surface area contributed by atoms with E-state index in [9.17, 15) is 9.90 Å². The predicted octanol–water partition coefficient (Wildman–Crippen LogP) is 7.90. The molecular formula is C40H50ClN3O5. The molecule has 2 aromatic carbocycles. The van der Waals surface area contributed by atoms with Gasteiger partial charge in [0.1, 0.15) is 24.0 Å². The third-order valence-corrected chi connectivity index (χ3v) is 11.9. The fraction of sp³-hybridized carbons (Fsp3) is 0.550. The average Bonchev–Trinajstić information content (AvgIpc) is 3.34. The molecule has 3 aromatic rings. The Hall–Kier alpha value is -3.49. The van der Waals surface area contributed by atoms with Gasteiger partial charge in [-0.1, -0.05) is 31.5 Å². The van der Waals surface area contributed by atoms with Crippen LogP contribution in [0.15, 0.2) is 48.7 Å². The lowest BCUT2D eigenvalue weighted by molar-refractivity contribution is -0.144.